The van der Waals surface area contributed by atoms with Gasteiger partial charge in [0.15, 0.2) is 0 Å². The number of ether oxygens (including phenoxy) is 2. The van der Waals surface area contributed by atoms with Crippen LogP contribution in [0.3, 0.4) is 0 Å². The van der Waals surface area contributed by atoms with Crippen LogP contribution in [0.2, 0.25) is 0 Å². The van der Waals surface area contributed by atoms with E-state index in [-0.39, 0.29) is 19.0 Å². The predicted molar refractivity (Wildman–Crippen MR) is 80.9 cm³/mol. The Morgan fingerprint density at radius 1 is 0.960 bits per heavy atom. The van der Waals surface area contributed by atoms with E-state index in [1.807, 2.05) is 19.1 Å². The van der Waals surface area contributed by atoms with Crippen molar-refractivity contribution in [2.45, 2.75) is 25.6 Å². The van der Waals surface area contributed by atoms with Crippen LogP contribution in [0.15, 0.2) is 24.3 Å². The average molecular weight is 372 g/mol. The van der Waals surface area contributed by atoms with E-state index in [1.165, 1.54) is 6.07 Å². The van der Waals surface area contributed by atoms with Crippen molar-refractivity contribution in [1.82, 2.24) is 0 Å². The summed E-state index contributed by atoms with van der Waals surface area (Å²) in [6, 6.07) is 6.19. The van der Waals surface area contributed by atoms with Gasteiger partial charge in [-0.15, -0.1) is 0 Å². The molecule has 2 heterocycles. The summed E-state index contributed by atoms with van der Waals surface area (Å²) in [7, 11) is -5.75. The Morgan fingerprint density at radius 3 is 2.12 bits per heavy atom. The number of rotatable bonds is 2. The minimum atomic E-state index is -5.75. The van der Waals surface area contributed by atoms with Crippen LogP contribution in [0, 0.1) is 6.92 Å². The van der Waals surface area contributed by atoms with Crippen molar-refractivity contribution in [2.24, 2.45) is 0 Å². The van der Waals surface area contributed by atoms with Gasteiger partial charge in [-0.25, -0.2) is 0 Å². The van der Waals surface area contributed by atoms with Crippen LogP contribution in [0.25, 0.3) is 11.1 Å². The molecule has 2 aromatic carbocycles. The zero-order valence-corrected chi connectivity index (χ0v) is 13.6. The first kappa shape index (κ1) is 16.1. The molecule has 2 aliphatic rings. The van der Waals surface area contributed by atoms with Gasteiger partial charge in [0.2, 0.25) is 0 Å². The maximum absolute atomic E-state index is 12.5. The van der Waals surface area contributed by atoms with E-state index in [0.717, 1.165) is 22.8 Å². The Kier molecular flexibility index (Phi) is 3.24. The lowest BCUT2D eigenvalue weighted by molar-refractivity contribution is -0.0500. The van der Waals surface area contributed by atoms with E-state index in [1.54, 1.807) is 0 Å². The molecule has 0 unspecified atom stereocenters. The van der Waals surface area contributed by atoms with Crippen molar-refractivity contribution in [2.75, 3.05) is 0 Å². The second-order valence-corrected chi connectivity index (χ2v) is 7.35. The van der Waals surface area contributed by atoms with Gasteiger partial charge in [0.05, 0.1) is 0 Å². The topological polar surface area (TPSA) is 61.8 Å². The van der Waals surface area contributed by atoms with Crippen molar-refractivity contribution in [3.05, 3.63) is 41.0 Å². The van der Waals surface area contributed by atoms with Gasteiger partial charge in [0, 0.05) is 28.3 Å². The minimum Gasteiger partial charge on any atom is -0.488 e. The molecule has 0 amide bonds. The monoisotopic (exact) mass is 372 g/mol. The lowest BCUT2D eigenvalue weighted by Gasteiger charge is -2.30. The van der Waals surface area contributed by atoms with Crippen molar-refractivity contribution < 1.29 is 35.2 Å². The van der Waals surface area contributed by atoms with Crippen LogP contribution < -0.4 is 13.7 Å². The number of alkyl halides is 3. The minimum absolute atomic E-state index is 0.0743. The van der Waals surface area contributed by atoms with Crippen LogP contribution in [-0.2, 0) is 23.3 Å². The highest BCUT2D eigenvalue weighted by molar-refractivity contribution is 7.88. The largest absolute Gasteiger partial charge is 0.534 e. The van der Waals surface area contributed by atoms with Gasteiger partial charge in [-0.2, -0.15) is 21.6 Å². The van der Waals surface area contributed by atoms with Gasteiger partial charge in [0.1, 0.15) is 30.5 Å². The molecule has 0 aliphatic carbocycles. The zero-order valence-electron chi connectivity index (χ0n) is 12.8. The Bertz CT molecular complexity index is 945. The van der Waals surface area contributed by atoms with Crippen molar-refractivity contribution in [3.8, 4) is 28.4 Å². The van der Waals surface area contributed by atoms with Gasteiger partial charge < -0.3 is 13.7 Å². The van der Waals surface area contributed by atoms with E-state index in [2.05, 4.69) is 4.18 Å². The Balaban J connectivity index is 1.83. The summed E-state index contributed by atoms with van der Waals surface area (Å²) >= 11 is 0. The average Bonchev–Trinajstić information content (AvgIpc) is 2.50. The highest BCUT2D eigenvalue weighted by Gasteiger charge is 2.48. The number of benzene rings is 2. The summed E-state index contributed by atoms with van der Waals surface area (Å²) in [4.78, 5) is 0. The van der Waals surface area contributed by atoms with Gasteiger partial charge in [-0.3, -0.25) is 0 Å². The highest BCUT2D eigenvalue weighted by atomic mass is 32.2. The fourth-order valence-corrected chi connectivity index (χ4v) is 3.47. The number of hydrogen-bond acceptors (Lipinski definition) is 5. The third-order valence-corrected chi connectivity index (χ3v) is 4.97. The maximum Gasteiger partial charge on any atom is 0.534 e. The number of hydrogen-bond donors (Lipinski definition) is 0. The summed E-state index contributed by atoms with van der Waals surface area (Å²) in [6.07, 6.45) is 0. The third-order valence-electron chi connectivity index (χ3n) is 3.99. The van der Waals surface area contributed by atoms with Gasteiger partial charge >= 0.3 is 15.6 Å². The summed E-state index contributed by atoms with van der Waals surface area (Å²) in [5.74, 6) is 0.475. The number of aryl methyl sites for hydroxylation is 1. The summed E-state index contributed by atoms with van der Waals surface area (Å²) in [5, 5.41) is 0. The second-order valence-electron chi connectivity index (χ2n) is 5.81. The molecular formula is C16H11F3O5S. The van der Waals surface area contributed by atoms with Crippen LogP contribution in [0.4, 0.5) is 13.2 Å². The molecule has 2 aromatic rings. The Morgan fingerprint density at radius 2 is 1.52 bits per heavy atom. The first-order chi connectivity index (χ1) is 11.7. The summed E-state index contributed by atoms with van der Waals surface area (Å²) < 4.78 is 75.5. The zero-order chi connectivity index (χ0) is 18.0. The molecule has 4 rings (SSSR count). The molecule has 9 heteroatoms. The molecule has 0 bridgehead atoms. The molecule has 0 radical (unpaired) electrons. The molecule has 5 nitrogen and oxygen atoms in total. The van der Waals surface area contributed by atoms with E-state index < -0.39 is 21.4 Å². The molecule has 0 aromatic heterocycles. The van der Waals surface area contributed by atoms with Gasteiger partial charge in [-0.05, 0) is 24.6 Å². The van der Waals surface area contributed by atoms with Crippen LogP contribution in [0.5, 0.6) is 17.2 Å². The fraction of sp³-hybridized carbons (Fsp3) is 0.250. The standard InChI is InChI=1S/C16H11F3O5S/c1-8-2-9-6-23-13-5-11(24-25(20,21)16(17,18)19)4-10-7-22-12(3-8)14(9)15(10)13/h2-5H,6-7H2,1H3. The van der Waals surface area contributed by atoms with Crippen LogP contribution in [0.1, 0.15) is 16.7 Å². The summed E-state index contributed by atoms with van der Waals surface area (Å²) in [6.45, 7) is 2.20. The van der Waals surface area contributed by atoms with Gasteiger partial charge in [0.25, 0.3) is 0 Å². The van der Waals surface area contributed by atoms with E-state index >= 15 is 0 Å². The van der Waals surface area contributed by atoms with E-state index in [9.17, 15) is 21.6 Å². The molecule has 0 fully saturated rings. The smallest absolute Gasteiger partial charge is 0.488 e. The molecule has 0 atom stereocenters. The highest BCUT2D eigenvalue weighted by Crippen LogP contribution is 2.50. The van der Waals surface area contributed by atoms with Crippen molar-refractivity contribution in [1.29, 1.82) is 0 Å². The molecule has 0 saturated carbocycles. The first-order valence-electron chi connectivity index (χ1n) is 7.23. The molecule has 0 N–H and O–H groups in total. The fourth-order valence-electron chi connectivity index (χ4n) is 3.03. The lowest BCUT2D eigenvalue weighted by atomic mass is 9.89. The summed E-state index contributed by atoms with van der Waals surface area (Å²) in [5.41, 5.74) is -1.59. The van der Waals surface area contributed by atoms with E-state index in [0.29, 0.717) is 16.9 Å². The second kappa shape index (κ2) is 5.04. The normalized spacial score (nSPS) is 15.0. The Labute approximate surface area is 141 Å². The predicted octanol–water partition coefficient (Wildman–Crippen LogP) is 3.68. The van der Waals surface area contributed by atoms with Crippen molar-refractivity contribution >= 4 is 10.1 Å². The van der Waals surface area contributed by atoms with Crippen LogP contribution in [-0.4, -0.2) is 13.9 Å². The SMILES string of the molecule is Cc1cc2c3c(c1)OCc1cc(OS(=O)(=O)C(F)(F)F)cc(c1-3)OC2. The first-order valence-corrected chi connectivity index (χ1v) is 8.64. The van der Waals surface area contributed by atoms with Crippen molar-refractivity contribution in [3.63, 3.8) is 0 Å². The molecule has 2 aliphatic heterocycles. The lowest BCUT2D eigenvalue weighted by Crippen LogP contribution is -2.28. The molecular weight excluding hydrogens is 361 g/mol. The molecule has 25 heavy (non-hydrogen) atoms. The molecule has 0 spiro atoms. The maximum atomic E-state index is 12.5. The third kappa shape index (κ3) is 2.50. The van der Waals surface area contributed by atoms with Crippen LogP contribution >= 0.6 is 0 Å². The molecule has 132 valence electrons. The Hall–Kier alpha value is -2.42. The van der Waals surface area contributed by atoms with Gasteiger partial charge in [-0.1, -0.05) is 6.07 Å². The molecule has 0 saturated heterocycles. The quantitative estimate of drug-likeness (QED) is 0.595. The number of halogens is 3. The van der Waals surface area contributed by atoms with E-state index in [4.69, 9.17) is 9.47 Å².